The van der Waals surface area contributed by atoms with E-state index in [4.69, 9.17) is 4.74 Å². The Balaban J connectivity index is 1.69. The van der Waals surface area contributed by atoms with Crippen LogP contribution in [0.4, 0.5) is 0 Å². The summed E-state index contributed by atoms with van der Waals surface area (Å²) in [5.41, 5.74) is 4.98. The number of fused-ring (bicyclic) bond motifs is 1. The maximum atomic E-state index is 6.24. The second kappa shape index (κ2) is 7.45. The smallest absolute Gasteiger partial charge is 0.127 e. The summed E-state index contributed by atoms with van der Waals surface area (Å²) in [7, 11) is 0. The zero-order valence-corrected chi connectivity index (χ0v) is 15.0. The van der Waals surface area contributed by atoms with E-state index in [9.17, 15) is 0 Å². The van der Waals surface area contributed by atoms with Gasteiger partial charge in [-0.15, -0.1) is 0 Å². The van der Waals surface area contributed by atoms with Crippen molar-refractivity contribution in [1.82, 2.24) is 0 Å². The predicted octanol–water partition coefficient (Wildman–Crippen LogP) is 6.44. The van der Waals surface area contributed by atoms with E-state index in [-0.39, 0.29) is 0 Å². The molecule has 1 heteroatoms. The van der Waals surface area contributed by atoms with Gasteiger partial charge in [0.2, 0.25) is 0 Å². The predicted molar refractivity (Wildman–Crippen MR) is 110 cm³/mol. The molecule has 0 atom stereocenters. The van der Waals surface area contributed by atoms with E-state index < -0.39 is 0 Å². The van der Waals surface area contributed by atoms with E-state index in [0.29, 0.717) is 6.61 Å². The molecular formula is C25H22O. The molecule has 0 radical (unpaired) electrons. The molecule has 4 rings (SSSR count). The molecule has 0 aliphatic rings. The fourth-order valence-corrected chi connectivity index (χ4v) is 3.34. The molecule has 0 saturated carbocycles. The summed E-state index contributed by atoms with van der Waals surface area (Å²) in [4.78, 5) is 0. The maximum Gasteiger partial charge on any atom is 0.127 e. The van der Waals surface area contributed by atoms with Gasteiger partial charge in [0, 0.05) is 11.8 Å². The van der Waals surface area contributed by atoms with Gasteiger partial charge in [0.25, 0.3) is 0 Å². The third kappa shape index (κ3) is 3.48. The zero-order chi connectivity index (χ0) is 17.8. The van der Waals surface area contributed by atoms with Gasteiger partial charge in [-0.2, -0.15) is 0 Å². The van der Waals surface area contributed by atoms with Gasteiger partial charge in [0.15, 0.2) is 0 Å². The summed E-state index contributed by atoms with van der Waals surface area (Å²) in [6.45, 7) is 2.83. The van der Waals surface area contributed by atoms with E-state index in [1.54, 1.807) is 0 Å². The van der Waals surface area contributed by atoms with Crippen molar-refractivity contribution in [3.63, 3.8) is 0 Å². The Morgan fingerprint density at radius 1 is 0.654 bits per heavy atom. The van der Waals surface area contributed by atoms with Crippen molar-refractivity contribution in [2.24, 2.45) is 0 Å². The lowest BCUT2D eigenvalue weighted by atomic mass is 9.98. The highest BCUT2D eigenvalue weighted by molar-refractivity contribution is 5.94. The molecule has 0 aliphatic heterocycles. The summed E-state index contributed by atoms with van der Waals surface area (Å²) < 4.78 is 6.24. The van der Waals surface area contributed by atoms with E-state index in [2.05, 4.69) is 85.8 Å². The number of benzene rings is 4. The molecule has 0 bridgehead atoms. The quantitative estimate of drug-likeness (QED) is 0.407. The number of aryl methyl sites for hydroxylation is 1. The van der Waals surface area contributed by atoms with Crippen LogP contribution in [0.3, 0.4) is 0 Å². The Bertz CT molecular complexity index is 1000. The number of hydrogen-bond donors (Lipinski definition) is 0. The van der Waals surface area contributed by atoms with Crippen LogP contribution in [-0.2, 0) is 6.42 Å². The standard InChI is InChI=1S/C25H22O/c1-19-9-8-14-23-24(19)17-22(21-12-6-3-7-13-21)18-25(23)26-16-15-20-10-4-2-5-11-20/h2-14,17-18H,15-16H2,1H3. The summed E-state index contributed by atoms with van der Waals surface area (Å²) >= 11 is 0. The zero-order valence-electron chi connectivity index (χ0n) is 15.0. The third-order valence-corrected chi connectivity index (χ3v) is 4.77. The SMILES string of the molecule is Cc1cccc2c(OCCc3ccccc3)cc(-c3ccccc3)cc12. The van der Waals surface area contributed by atoms with Crippen molar-refractivity contribution in [2.45, 2.75) is 13.3 Å². The highest BCUT2D eigenvalue weighted by atomic mass is 16.5. The largest absolute Gasteiger partial charge is 0.493 e. The minimum absolute atomic E-state index is 0.672. The fourth-order valence-electron chi connectivity index (χ4n) is 3.34. The van der Waals surface area contributed by atoms with Gasteiger partial charge < -0.3 is 4.74 Å². The first kappa shape index (κ1) is 16.4. The van der Waals surface area contributed by atoms with Crippen LogP contribution in [0, 0.1) is 6.92 Å². The van der Waals surface area contributed by atoms with Gasteiger partial charge >= 0.3 is 0 Å². The summed E-state index contributed by atoms with van der Waals surface area (Å²) in [6.07, 6.45) is 0.906. The van der Waals surface area contributed by atoms with E-state index in [1.807, 2.05) is 12.1 Å². The number of ether oxygens (including phenoxy) is 1. The molecule has 0 amide bonds. The Labute approximate surface area is 154 Å². The van der Waals surface area contributed by atoms with Crippen molar-refractivity contribution in [3.05, 3.63) is 102 Å². The first-order chi connectivity index (χ1) is 12.8. The first-order valence-corrected chi connectivity index (χ1v) is 9.07. The molecule has 0 spiro atoms. The molecule has 1 nitrogen and oxygen atoms in total. The molecule has 0 saturated heterocycles. The lowest BCUT2D eigenvalue weighted by Crippen LogP contribution is -2.02. The Morgan fingerprint density at radius 2 is 1.38 bits per heavy atom. The number of rotatable bonds is 5. The van der Waals surface area contributed by atoms with Crippen LogP contribution < -0.4 is 4.74 Å². The highest BCUT2D eigenvalue weighted by Gasteiger charge is 2.09. The molecule has 0 aliphatic carbocycles. The van der Waals surface area contributed by atoms with Gasteiger partial charge in [-0.3, -0.25) is 0 Å². The first-order valence-electron chi connectivity index (χ1n) is 9.07. The minimum atomic E-state index is 0.672. The fraction of sp³-hybridized carbons (Fsp3) is 0.120. The van der Waals surface area contributed by atoms with Gasteiger partial charge in [-0.25, -0.2) is 0 Å². The van der Waals surface area contributed by atoms with Crippen LogP contribution in [0.2, 0.25) is 0 Å². The van der Waals surface area contributed by atoms with Crippen LogP contribution in [-0.4, -0.2) is 6.61 Å². The average Bonchev–Trinajstić information content (AvgIpc) is 2.70. The van der Waals surface area contributed by atoms with Crippen LogP contribution in [0.25, 0.3) is 21.9 Å². The summed E-state index contributed by atoms with van der Waals surface area (Å²) in [5.74, 6) is 0.959. The summed E-state index contributed by atoms with van der Waals surface area (Å²) in [6, 6.07) is 31.8. The Kier molecular flexibility index (Phi) is 4.70. The minimum Gasteiger partial charge on any atom is -0.493 e. The Hall–Kier alpha value is -3.06. The van der Waals surface area contributed by atoms with Gasteiger partial charge in [-0.1, -0.05) is 78.9 Å². The van der Waals surface area contributed by atoms with Crippen LogP contribution >= 0.6 is 0 Å². The van der Waals surface area contributed by atoms with Crippen molar-refractivity contribution < 1.29 is 4.74 Å². The van der Waals surface area contributed by atoms with E-state index in [0.717, 1.165) is 12.2 Å². The van der Waals surface area contributed by atoms with Crippen molar-refractivity contribution in [2.75, 3.05) is 6.61 Å². The second-order valence-corrected chi connectivity index (χ2v) is 6.59. The molecule has 0 heterocycles. The van der Waals surface area contributed by atoms with Crippen LogP contribution in [0.15, 0.2) is 91.0 Å². The normalized spacial score (nSPS) is 10.8. The lowest BCUT2D eigenvalue weighted by molar-refractivity contribution is 0.326. The molecule has 0 aromatic heterocycles. The van der Waals surface area contributed by atoms with Crippen LogP contribution in [0.1, 0.15) is 11.1 Å². The van der Waals surface area contributed by atoms with Crippen molar-refractivity contribution in [3.8, 4) is 16.9 Å². The van der Waals surface area contributed by atoms with Gasteiger partial charge in [0.1, 0.15) is 5.75 Å². The summed E-state index contributed by atoms with van der Waals surface area (Å²) in [5, 5.41) is 2.43. The van der Waals surface area contributed by atoms with Crippen molar-refractivity contribution in [1.29, 1.82) is 0 Å². The Morgan fingerprint density at radius 3 is 2.15 bits per heavy atom. The van der Waals surface area contributed by atoms with Gasteiger partial charge in [-0.05, 0) is 46.7 Å². The molecule has 128 valence electrons. The van der Waals surface area contributed by atoms with E-state index >= 15 is 0 Å². The second-order valence-electron chi connectivity index (χ2n) is 6.59. The van der Waals surface area contributed by atoms with Crippen LogP contribution in [0.5, 0.6) is 5.75 Å². The topological polar surface area (TPSA) is 9.23 Å². The molecule has 26 heavy (non-hydrogen) atoms. The van der Waals surface area contributed by atoms with Gasteiger partial charge in [0.05, 0.1) is 6.61 Å². The number of hydrogen-bond acceptors (Lipinski definition) is 1. The molecule has 4 aromatic carbocycles. The molecule has 4 aromatic rings. The maximum absolute atomic E-state index is 6.24. The monoisotopic (exact) mass is 338 g/mol. The lowest BCUT2D eigenvalue weighted by Gasteiger charge is -2.14. The van der Waals surface area contributed by atoms with E-state index in [1.165, 1.54) is 33.0 Å². The molecule has 0 N–H and O–H groups in total. The average molecular weight is 338 g/mol. The highest BCUT2D eigenvalue weighted by Crippen LogP contribution is 2.34. The molecule has 0 unspecified atom stereocenters. The third-order valence-electron chi connectivity index (χ3n) is 4.77. The molecular weight excluding hydrogens is 316 g/mol. The van der Waals surface area contributed by atoms with Crippen molar-refractivity contribution >= 4 is 10.8 Å². The molecule has 0 fully saturated rings.